The molecule has 0 unspecified atom stereocenters. The Balaban J connectivity index is 2.30. The molecule has 0 amide bonds. The van der Waals surface area contributed by atoms with Crippen molar-refractivity contribution in [2.45, 2.75) is 22.6 Å². The van der Waals surface area contributed by atoms with E-state index in [1.165, 1.54) is 0 Å². The van der Waals surface area contributed by atoms with Crippen molar-refractivity contribution in [1.82, 2.24) is 9.62 Å². The summed E-state index contributed by atoms with van der Waals surface area (Å²) in [5, 5.41) is 1.72. The summed E-state index contributed by atoms with van der Waals surface area (Å²) < 4.78 is 28.6. The van der Waals surface area contributed by atoms with Crippen LogP contribution in [0, 0.1) is 0 Å². The van der Waals surface area contributed by atoms with E-state index in [1.807, 2.05) is 7.05 Å². The summed E-state index contributed by atoms with van der Waals surface area (Å²) in [6, 6.07) is 1.71. The van der Waals surface area contributed by atoms with Crippen LogP contribution in [0.15, 0.2) is 20.1 Å². The highest BCUT2D eigenvalue weighted by atomic mass is 79.9. The molecule has 9 heteroatoms. The van der Waals surface area contributed by atoms with Crippen molar-refractivity contribution in [2.24, 2.45) is 5.73 Å². The van der Waals surface area contributed by atoms with Crippen molar-refractivity contribution in [2.75, 3.05) is 20.1 Å². The molecule has 5 nitrogen and oxygen atoms in total. The molecule has 2 heterocycles. The van der Waals surface area contributed by atoms with Crippen LogP contribution in [0.5, 0.6) is 0 Å². The molecule has 1 aliphatic rings. The van der Waals surface area contributed by atoms with Crippen LogP contribution >= 0.6 is 39.5 Å². The maximum absolute atomic E-state index is 12.5. The predicted molar refractivity (Wildman–Crippen MR) is 88.6 cm³/mol. The first-order chi connectivity index (χ1) is 9.27. The van der Waals surface area contributed by atoms with Crippen LogP contribution in [0.4, 0.5) is 0 Å². The average molecular weight is 398 g/mol. The molecule has 1 aromatic heterocycles. The Kier molecular flexibility index (Phi) is 4.87. The van der Waals surface area contributed by atoms with Gasteiger partial charge >= 0.3 is 0 Å². The van der Waals surface area contributed by atoms with E-state index >= 15 is 0 Å². The highest BCUT2D eigenvalue weighted by molar-refractivity contribution is 9.10. The van der Waals surface area contributed by atoms with Crippen LogP contribution in [0.1, 0.15) is 12.8 Å². The fourth-order valence-corrected chi connectivity index (χ4v) is 6.27. The second-order valence-corrected chi connectivity index (χ2v) is 9.00. The van der Waals surface area contributed by atoms with E-state index in [9.17, 15) is 8.42 Å². The molecule has 0 aliphatic carbocycles. The summed E-state index contributed by atoms with van der Waals surface area (Å²) in [5.41, 5.74) is 4.99. The van der Waals surface area contributed by atoms with Gasteiger partial charge in [-0.05, 0) is 47.3 Å². The lowest BCUT2D eigenvalue weighted by Crippen LogP contribution is -2.61. The van der Waals surface area contributed by atoms with Gasteiger partial charge in [-0.3, -0.25) is 0 Å². The third-order valence-corrected chi connectivity index (χ3v) is 8.07. The molecule has 1 aliphatic heterocycles. The SMILES string of the molecule is CN1CCC(NS(=O)(=O)c2sccc2Br)(C(N)=S)CC1. The third kappa shape index (κ3) is 3.23. The van der Waals surface area contributed by atoms with Gasteiger partial charge < -0.3 is 10.6 Å². The molecule has 0 aromatic carbocycles. The second kappa shape index (κ2) is 5.98. The molecule has 1 aromatic rings. The number of likely N-dealkylation sites (tertiary alicyclic amines) is 1. The maximum Gasteiger partial charge on any atom is 0.252 e. The predicted octanol–water partition coefficient (Wildman–Crippen LogP) is 1.54. The van der Waals surface area contributed by atoms with Crippen molar-refractivity contribution in [3.63, 3.8) is 0 Å². The summed E-state index contributed by atoms with van der Waals surface area (Å²) in [7, 11) is -1.64. The Bertz CT molecular complexity index is 606. The highest BCUT2D eigenvalue weighted by Crippen LogP contribution is 2.31. The molecule has 20 heavy (non-hydrogen) atoms. The molecule has 0 atom stereocenters. The van der Waals surface area contributed by atoms with Crippen molar-refractivity contribution in [3.8, 4) is 0 Å². The zero-order chi connectivity index (χ0) is 15.0. The van der Waals surface area contributed by atoms with Crippen LogP contribution in [0.25, 0.3) is 0 Å². The third-order valence-electron chi connectivity index (χ3n) is 3.47. The second-order valence-electron chi connectivity index (χ2n) is 4.91. The Morgan fingerprint density at radius 2 is 2.15 bits per heavy atom. The Hall–Kier alpha value is -0.0600. The normalized spacial score (nSPS) is 19.9. The summed E-state index contributed by atoms with van der Waals surface area (Å²) >= 11 is 9.53. The maximum atomic E-state index is 12.5. The minimum Gasteiger partial charge on any atom is -0.392 e. The van der Waals surface area contributed by atoms with E-state index in [1.54, 1.807) is 11.4 Å². The molecular weight excluding hydrogens is 382 g/mol. The number of halogens is 1. The minimum absolute atomic E-state index is 0.210. The largest absolute Gasteiger partial charge is 0.392 e. The van der Waals surface area contributed by atoms with E-state index in [0.29, 0.717) is 17.3 Å². The van der Waals surface area contributed by atoms with Gasteiger partial charge in [-0.15, -0.1) is 11.3 Å². The van der Waals surface area contributed by atoms with Gasteiger partial charge in [0.15, 0.2) is 0 Å². The van der Waals surface area contributed by atoms with Gasteiger partial charge in [-0.2, -0.15) is 4.72 Å². The van der Waals surface area contributed by atoms with Gasteiger partial charge in [-0.1, -0.05) is 12.2 Å². The topological polar surface area (TPSA) is 75.4 Å². The van der Waals surface area contributed by atoms with Crippen LogP contribution in [0.2, 0.25) is 0 Å². The lowest BCUT2D eigenvalue weighted by atomic mass is 9.89. The smallest absolute Gasteiger partial charge is 0.252 e. The number of hydrogen-bond acceptors (Lipinski definition) is 5. The lowest BCUT2D eigenvalue weighted by molar-refractivity contribution is 0.220. The van der Waals surface area contributed by atoms with Gasteiger partial charge in [-0.25, -0.2) is 8.42 Å². The number of nitrogens with zero attached hydrogens (tertiary/aromatic N) is 1. The number of piperidine rings is 1. The van der Waals surface area contributed by atoms with Crippen molar-refractivity contribution in [1.29, 1.82) is 0 Å². The Morgan fingerprint density at radius 1 is 1.55 bits per heavy atom. The van der Waals surface area contributed by atoms with Gasteiger partial charge in [0, 0.05) is 17.6 Å². The molecule has 0 spiro atoms. The minimum atomic E-state index is -3.63. The standard InChI is InChI=1S/C11H16BrN3O2S3/c1-15-5-3-11(4-6-15,10(13)18)14-20(16,17)9-8(12)2-7-19-9/h2,7,14H,3-6H2,1H3,(H2,13,18). The fraction of sp³-hybridized carbons (Fsp3) is 0.545. The van der Waals surface area contributed by atoms with Crippen molar-refractivity contribution in [3.05, 3.63) is 15.9 Å². The molecule has 0 radical (unpaired) electrons. The molecule has 0 saturated carbocycles. The number of thiophene rings is 1. The van der Waals surface area contributed by atoms with E-state index in [0.717, 1.165) is 24.4 Å². The Labute approximate surface area is 136 Å². The monoisotopic (exact) mass is 397 g/mol. The number of thiocarbonyl (C=S) groups is 1. The average Bonchev–Trinajstić information content (AvgIpc) is 2.79. The van der Waals surface area contributed by atoms with E-state index in [2.05, 4.69) is 25.6 Å². The zero-order valence-electron chi connectivity index (χ0n) is 10.9. The lowest BCUT2D eigenvalue weighted by Gasteiger charge is -2.40. The highest BCUT2D eigenvalue weighted by Gasteiger charge is 2.41. The van der Waals surface area contributed by atoms with E-state index in [4.69, 9.17) is 18.0 Å². The van der Waals surface area contributed by atoms with Crippen LogP contribution < -0.4 is 10.5 Å². The van der Waals surface area contributed by atoms with Crippen LogP contribution in [-0.2, 0) is 10.0 Å². The molecule has 2 rings (SSSR count). The summed E-state index contributed by atoms with van der Waals surface area (Å²) in [6.07, 6.45) is 1.17. The van der Waals surface area contributed by atoms with Crippen LogP contribution in [0.3, 0.4) is 0 Å². The first-order valence-corrected chi connectivity index (χ1v) is 9.59. The summed E-state index contributed by atoms with van der Waals surface area (Å²) in [6.45, 7) is 1.51. The number of nitrogens with one attached hydrogen (secondary N) is 1. The fourth-order valence-electron chi connectivity index (χ4n) is 2.17. The zero-order valence-corrected chi connectivity index (χ0v) is 15.0. The number of hydrogen-bond donors (Lipinski definition) is 2. The van der Waals surface area contributed by atoms with Gasteiger partial charge in [0.2, 0.25) is 0 Å². The van der Waals surface area contributed by atoms with E-state index in [-0.39, 0.29) is 9.20 Å². The molecule has 1 saturated heterocycles. The van der Waals surface area contributed by atoms with Crippen molar-refractivity contribution < 1.29 is 8.42 Å². The van der Waals surface area contributed by atoms with Gasteiger partial charge in [0.25, 0.3) is 10.0 Å². The summed E-state index contributed by atoms with van der Waals surface area (Å²) in [5.74, 6) is 0. The first-order valence-electron chi connectivity index (χ1n) is 6.02. The van der Waals surface area contributed by atoms with Gasteiger partial charge in [0.1, 0.15) is 4.21 Å². The molecule has 112 valence electrons. The number of sulfonamides is 1. The van der Waals surface area contributed by atoms with Gasteiger partial charge in [0.05, 0.1) is 10.5 Å². The quantitative estimate of drug-likeness (QED) is 0.753. The number of rotatable bonds is 4. The van der Waals surface area contributed by atoms with Crippen LogP contribution in [-0.4, -0.2) is 44.0 Å². The van der Waals surface area contributed by atoms with Crippen molar-refractivity contribution >= 4 is 54.5 Å². The number of nitrogens with two attached hydrogens (primary N) is 1. The molecule has 0 bridgehead atoms. The molecule has 1 fully saturated rings. The first kappa shape index (κ1) is 16.3. The Morgan fingerprint density at radius 3 is 2.60 bits per heavy atom. The molecular formula is C11H16BrN3O2S3. The molecule has 3 N–H and O–H groups in total. The summed E-state index contributed by atoms with van der Waals surface area (Å²) in [4.78, 5) is 2.34. The van der Waals surface area contributed by atoms with E-state index < -0.39 is 15.6 Å².